The zero-order valence-corrected chi connectivity index (χ0v) is 85.0. The minimum atomic E-state index is -3.03. The van der Waals surface area contributed by atoms with Crippen molar-refractivity contribution in [2.24, 2.45) is 5.73 Å². The van der Waals surface area contributed by atoms with Crippen molar-refractivity contribution in [1.29, 1.82) is 0 Å². The number of nitrogen functional groups attached to an aromatic ring is 2. The molecule has 5 saturated heterocycles. The van der Waals surface area contributed by atoms with Gasteiger partial charge in [0.1, 0.15) is 59.0 Å². The summed E-state index contributed by atoms with van der Waals surface area (Å²) < 4.78 is 253. The predicted molar refractivity (Wildman–Crippen MR) is 530 cm³/mol. The number of aliphatic carboxylic acids is 1. The predicted octanol–water partition coefficient (Wildman–Crippen LogP) is 21.6. The highest BCUT2D eigenvalue weighted by molar-refractivity contribution is 9.10. The molecule has 8 N–H and O–H groups in total. The molecule has 9 aliphatic heterocycles. The molecule has 0 radical (unpaired) electrons. The fraction of sp³-hybridized carbons (Fsp3) is 0.327. The summed E-state index contributed by atoms with van der Waals surface area (Å²) in [5, 5.41) is 12.6. The molecule has 9 aliphatic rings. The third kappa shape index (κ3) is 26.4. The van der Waals surface area contributed by atoms with Crippen LogP contribution in [0.4, 0.5) is 81.9 Å². The van der Waals surface area contributed by atoms with Gasteiger partial charge in [0.2, 0.25) is 5.91 Å². The first-order valence-corrected chi connectivity index (χ1v) is 48.6. The standard InChI is InChI=1S/C27H21ClF4N4O3.C20H16ClF4NO2.C19H15ClF4N2O2.C16H22BClO3.C10H6BrF4NO.C8H8N2O2.CH2Cl2/c28-20-9-15(18-3-4-19(24(30)23(18)29)26(38)36-12-27(31,32)13-36)7-16-8-17(39-25(16)20)11-35-22(37)6-2-14-1-5-21(33)34-10-14;1-2-12-6-11-5-10(7-15(21)18(11)28-12)13-3-4-14(17(23)16(13)22)19(27)26-8-20(24,25)9-26;20-14-5-9(3-10-4-11(6-25)28-17(10)14)12-1-2-13(16(22)15(12)21)18(27)26-7-19(23,24)8-26;1-6-12-8-10-7-11(9-13(18)14(10)19-12)17-20-15(2,3)16(4,5)21-17;11-6-2-1-5(7(12)8(6)13)9(17)16-3-10(14,15)4-16;9-7-3-1-6(5-10-7)2-4-8(11)12;2-1-3/h1-7,9-10,17H,8,11-13H2,(H2,33,34)(H,35,37);3-5,7,12H,2,6,8-9H2,1H3;1-3,5,11H,4,6-8,25H2;7,9,12H,6,8H2,1-5H3;1-2H,3-4H2;1-5H,(H2,9,10)(H,11,12);1H2/b6-2+;;;;;4-2+;. The number of rotatable bonds is 17. The van der Waals surface area contributed by atoms with Gasteiger partial charge < -0.3 is 75.5 Å². The molecule has 148 heavy (non-hydrogen) atoms. The van der Waals surface area contributed by atoms with Gasteiger partial charge in [-0.3, -0.25) is 24.0 Å². The summed E-state index contributed by atoms with van der Waals surface area (Å²) in [4.78, 5) is 81.3. The molecule has 8 aromatic carbocycles. The lowest BCUT2D eigenvalue weighted by Crippen LogP contribution is -2.58. The van der Waals surface area contributed by atoms with E-state index in [4.69, 9.17) is 120 Å². The number of fused-ring (bicyclic) bond motifs is 4. The van der Waals surface area contributed by atoms with E-state index < -0.39 is 181 Å². The maximum absolute atomic E-state index is 15.0. The molecule has 786 valence electrons. The van der Waals surface area contributed by atoms with Crippen LogP contribution in [-0.4, -0.2) is 207 Å². The Labute approximate surface area is 875 Å². The van der Waals surface area contributed by atoms with E-state index in [9.17, 15) is 99.0 Å². The van der Waals surface area contributed by atoms with Crippen molar-refractivity contribution < 1.29 is 132 Å². The molecule has 4 unspecified atom stereocenters. The largest absolute Gasteiger partial charge is 0.494 e. The first-order chi connectivity index (χ1) is 69.5. The van der Waals surface area contributed by atoms with Gasteiger partial charge in [0.05, 0.1) is 122 Å². The summed E-state index contributed by atoms with van der Waals surface area (Å²) >= 11 is 37.5. The second-order valence-electron chi connectivity index (χ2n) is 36.3. The minimum Gasteiger partial charge on any atom is -0.488 e. The lowest BCUT2D eigenvalue weighted by molar-refractivity contribution is -0.131. The van der Waals surface area contributed by atoms with E-state index in [1.54, 1.807) is 48.5 Å². The summed E-state index contributed by atoms with van der Waals surface area (Å²) in [6.45, 7) is 6.35. The van der Waals surface area contributed by atoms with Gasteiger partial charge in [-0.25, -0.2) is 85.0 Å². The SMILES string of the molecule is CCC1Cc2cc(-c3ccc(C(=O)N4CC(F)(F)C4)c(F)c3F)cc(Cl)c2O1.CCC1Cc2cc(B3OC(C)(C)C(C)(C)O3)cc(Cl)c2O1.ClCCl.NCC1Cc2cc(-c3ccc(C(=O)N4CC(F)(F)C4)c(F)c3F)cc(Cl)c2O1.Nc1ccc(/C=C/C(=O)NCC2Cc3cc(-c4ccc(C(=O)N5CC(F)(F)C5)c(F)c4F)cc(Cl)c3O2)cn1.Nc1ccc(/C=C/C(=O)O)cn1.O=C(c1ccc(Br)c(F)c1F)N1CC(F)(F)C1. The van der Waals surface area contributed by atoms with Crippen LogP contribution in [0.2, 0.25) is 20.1 Å². The highest BCUT2D eigenvalue weighted by Gasteiger charge is 2.54. The van der Waals surface area contributed by atoms with Gasteiger partial charge in [-0.1, -0.05) is 84.5 Å². The number of pyridine rings is 2. The van der Waals surface area contributed by atoms with Crippen LogP contribution in [0.1, 0.15) is 129 Å². The molecule has 47 heteroatoms. The first kappa shape index (κ1) is 113. The lowest BCUT2D eigenvalue weighted by Gasteiger charge is -2.38. The van der Waals surface area contributed by atoms with Crippen molar-refractivity contribution in [2.75, 3.05) is 82.3 Å². The zero-order chi connectivity index (χ0) is 108. The number of nitrogens with two attached hydrogens (primary N) is 3. The quantitative estimate of drug-likeness (QED) is 0.0186. The van der Waals surface area contributed by atoms with Gasteiger partial charge in [0, 0.05) is 84.6 Å². The summed E-state index contributed by atoms with van der Waals surface area (Å²) in [5.41, 5.74) is 19.8. The van der Waals surface area contributed by atoms with E-state index in [0.29, 0.717) is 86.0 Å². The maximum Gasteiger partial charge on any atom is 0.494 e. The zero-order valence-electron chi connectivity index (χ0n) is 78.9. The van der Waals surface area contributed by atoms with Crippen LogP contribution >= 0.6 is 85.5 Å². The Morgan fingerprint density at radius 3 is 1.07 bits per heavy atom. The second kappa shape index (κ2) is 46.4. The molecule has 2 aromatic heterocycles. The number of nitrogens with zero attached hydrogens (tertiary/aromatic N) is 6. The van der Waals surface area contributed by atoms with E-state index in [-0.39, 0.29) is 97.7 Å². The molecule has 0 bridgehead atoms. The molecule has 19 rings (SSSR count). The number of carbonyl (C=O) groups is 6. The van der Waals surface area contributed by atoms with Crippen LogP contribution in [0, 0.1) is 46.5 Å². The normalized spacial score (nSPS) is 18.8. The van der Waals surface area contributed by atoms with Crippen molar-refractivity contribution >= 4 is 157 Å². The van der Waals surface area contributed by atoms with Gasteiger partial charge in [-0.15, -0.1) is 23.2 Å². The molecule has 0 saturated carbocycles. The van der Waals surface area contributed by atoms with E-state index >= 15 is 0 Å². The Balaban J connectivity index is 0.000000152. The number of alkyl halides is 10. The molecule has 5 fully saturated rings. The third-order valence-corrected chi connectivity index (χ3v) is 26.5. The number of benzene rings is 8. The lowest BCUT2D eigenvalue weighted by atomic mass is 9.78. The van der Waals surface area contributed by atoms with Gasteiger partial charge in [0.25, 0.3) is 47.3 Å². The van der Waals surface area contributed by atoms with Gasteiger partial charge >= 0.3 is 13.1 Å². The number of aromatic nitrogens is 2. The highest BCUT2D eigenvalue weighted by Crippen LogP contribution is 2.48. The van der Waals surface area contributed by atoms with Gasteiger partial charge in [-0.2, -0.15) is 0 Å². The number of hydrogen-bond acceptors (Lipinski definition) is 17. The Bertz CT molecular complexity index is 6630. The summed E-state index contributed by atoms with van der Waals surface area (Å²) in [7, 11) is -0.376. The van der Waals surface area contributed by atoms with Crippen molar-refractivity contribution in [3.05, 3.63) is 273 Å². The monoisotopic (exact) mass is 2250 g/mol. The van der Waals surface area contributed by atoms with Crippen molar-refractivity contribution in [3.8, 4) is 56.4 Å². The number of carboxylic acids is 1. The van der Waals surface area contributed by atoms with E-state index in [0.717, 1.165) is 103 Å². The summed E-state index contributed by atoms with van der Waals surface area (Å²) in [6, 6.07) is 29.1. The summed E-state index contributed by atoms with van der Waals surface area (Å²) in [5.74, 6) is -24.6. The molecular formula is C101H90BBrCl6F16N10O13. The number of carboxylic acid groups (broad SMARTS) is 1. The maximum atomic E-state index is 15.0. The molecular weight excluding hydrogens is 2170 g/mol. The minimum absolute atomic E-state index is 0.0148. The van der Waals surface area contributed by atoms with Crippen LogP contribution in [0.25, 0.3) is 45.5 Å². The molecule has 0 spiro atoms. The molecule has 5 amide bonds. The number of ether oxygens (including phenoxy) is 4. The highest BCUT2D eigenvalue weighted by atomic mass is 79.9. The second-order valence-corrected chi connectivity index (χ2v) is 39.6. The van der Waals surface area contributed by atoms with Crippen LogP contribution in [-0.2, 0) is 44.6 Å². The van der Waals surface area contributed by atoms with E-state index in [1.165, 1.54) is 60.9 Å². The topological polar surface area (TPSA) is 307 Å². The number of likely N-dealkylation sites (tertiary alicyclic amines) is 4. The number of anilines is 2. The number of amides is 5. The van der Waals surface area contributed by atoms with Crippen LogP contribution < -0.4 is 46.9 Å². The van der Waals surface area contributed by atoms with E-state index in [2.05, 4.69) is 71.9 Å². The van der Waals surface area contributed by atoms with Crippen molar-refractivity contribution in [3.63, 3.8) is 0 Å². The number of halogens is 23. The first-order valence-electron chi connectivity index (χ1n) is 45.3. The molecule has 10 aromatic rings. The molecule has 0 aliphatic carbocycles. The smallest absolute Gasteiger partial charge is 0.488 e. The Morgan fingerprint density at radius 2 is 0.743 bits per heavy atom. The number of carbonyl (C=O) groups excluding carboxylic acids is 5. The number of nitrogens with one attached hydrogen (secondary N) is 1. The van der Waals surface area contributed by atoms with Crippen LogP contribution in [0.5, 0.6) is 23.0 Å². The third-order valence-electron chi connectivity index (χ3n) is 24.8. The van der Waals surface area contributed by atoms with E-state index in [1.807, 2.05) is 13.0 Å². The average molecular weight is 2260 g/mol. The average Bonchev–Trinajstić information content (AvgIpc) is 1.12. The fourth-order valence-corrected chi connectivity index (χ4v) is 17.8. The Morgan fingerprint density at radius 1 is 0.439 bits per heavy atom. The van der Waals surface area contributed by atoms with Crippen LogP contribution in [0.3, 0.4) is 0 Å². The molecule has 23 nitrogen and oxygen atoms in total. The Hall–Kier alpha value is -11.8. The molecule has 4 atom stereocenters. The van der Waals surface area contributed by atoms with Crippen molar-refractivity contribution in [2.45, 2.75) is 139 Å². The summed E-state index contributed by atoms with van der Waals surface area (Å²) in [6.07, 6.45) is 12.1. The fourth-order valence-electron chi connectivity index (χ4n) is 16.3. The van der Waals surface area contributed by atoms with Crippen molar-refractivity contribution in [1.82, 2.24) is 34.9 Å². The van der Waals surface area contributed by atoms with Gasteiger partial charge in [-0.05, 0) is 210 Å². The Kier molecular flexibility index (Phi) is 35.5. The molecule has 11 heterocycles. The number of hydrogen-bond donors (Lipinski definition) is 5. The van der Waals surface area contributed by atoms with Gasteiger partial charge in [0.15, 0.2) is 46.5 Å². The van der Waals surface area contributed by atoms with Crippen LogP contribution in [0.15, 0.2) is 150 Å².